The van der Waals surface area contributed by atoms with Crippen LogP contribution in [0, 0.1) is 0 Å². The molecule has 2 heterocycles. The van der Waals surface area contributed by atoms with Crippen LogP contribution in [-0.2, 0) is 16.6 Å². The van der Waals surface area contributed by atoms with Crippen molar-refractivity contribution in [3.05, 3.63) is 45.4 Å². The van der Waals surface area contributed by atoms with E-state index in [1.807, 2.05) is 0 Å². The number of benzene rings is 2. The number of phenolic OH excluding ortho intramolecular Hbond substituents is 1. The number of sulfonamides is 1. The predicted molar refractivity (Wildman–Crippen MR) is 107 cm³/mol. The van der Waals surface area contributed by atoms with E-state index in [0.717, 1.165) is 10.0 Å². The molecule has 0 atom stereocenters. The summed E-state index contributed by atoms with van der Waals surface area (Å²) in [7, 11) is -3.65. The first-order valence-corrected chi connectivity index (χ1v) is 11.2. The van der Waals surface area contributed by atoms with Gasteiger partial charge in [0, 0.05) is 48.8 Å². The van der Waals surface area contributed by atoms with E-state index in [0.29, 0.717) is 44.2 Å². The Morgan fingerprint density at radius 2 is 1.75 bits per heavy atom. The van der Waals surface area contributed by atoms with Crippen LogP contribution in [0.4, 0.5) is 0 Å². The molecule has 0 spiro atoms. The summed E-state index contributed by atoms with van der Waals surface area (Å²) in [5.74, 6) is 1.28. The van der Waals surface area contributed by atoms with Gasteiger partial charge in [-0.1, -0.05) is 27.5 Å². The van der Waals surface area contributed by atoms with Crippen molar-refractivity contribution >= 4 is 37.6 Å². The number of halogens is 2. The number of piperazine rings is 1. The fourth-order valence-electron chi connectivity index (χ4n) is 3.29. The van der Waals surface area contributed by atoms with E-state index in [1.54, 1.807) is 24.3 Å². The fourth-order valence-corrected chi connectivity index (χ4v) is 5.73. The Morgan fingerprint density at radius 3 is 2.43 bits per heavy atom. The van der Waals surface area contributed by atoms with Gasteiger partial charge < -0.3 is 14.6 Å². The monoisotopic (exact) mass is 488 g/mol. The van der Waals surface area contributed by atoms with Crippen LogP contribution in [0.2, 0.25) is 5.02 Å². The first-order chi connectivity index (χ1) is 13.3. The molecule has 0 amide bonds. The van der Waals surface area contributed by atoms with Gasteiger partial charge in [0.1, 0.15) is 10.6 Å². The van der Waals surface area contributed by atoms with E-state index in [-0.39, 0.29) is 22.5 Å². The maximum atomic E-state index is 12.9. The third kappa shape index (κ3) is 3.81. The third-order valence-electron chi connectivity index (χ3n) is 4.81. The standard InChI is InChI=1S/C18H18BrClN2O5S/c19-13-1-2-18(14(20)8-13)28(24,25)22-5-3-21(4-6-22)10-12-7-16-17(9-15(12)23)27-11-26-16/h1-2,7-9,23H,3-6,10-11H2. The molecular formula is C18H18BrClN2O5S. The minimum Gasteiger partial charge on any atom is -0.507 e. The lowest BCUT2D eigenvalue weighted by atomic mass is 10.1. The number of phenols is 1. The van der Waals surface area contributed by atoms with Crippen molar-refractivity contribution in [2.45, 2.75) is 11.4 Å². The number of rotatable bonds is 4. The Bertz CT molecular complexity index is 1010. The van der Waals surface area contributed by atoms with Crippen LogP contribution in [0.5, 0.6) is 17.2 Å². The van der Waals surface area contributed by atoms with Gasteiger partial charge >= 0.3 is 0 Å². The van der Waals surface area contributed by atoms with Crippen molar-refractivity contribution in [1.82, 2.24) is 9.21 Å². The molecule has 2 aliphatic rings. The molecule has 2 aromatic carbocycles. The summed E-state index contributed by atoms with van der Waals surface area (Å²) in [6.07, 6.45) is 0. The van der Waals surface area contributed by atoms with Crippen molar-refractivity contribution < 1.29 is 23.0 Å². The van der Waals surface area contributed by atoms with Crippen molar-refractivity contribution in [1.29, 1.82) is 0 Å². The fraction of sp³-hybridized carbons (Fsp3) is 0.333. The van der Waals surface area contributed by atoms with Crippen LogP contribution in [0.15, 0.2) is 39.7 Å². The first kappa shape index (κ1) is 19.8. The lowest BCUT2D eigenvalue weighted by Gasteiger charge is -2.34. The summed E-state index contributed by atoms with van der Waals surface area (Å²) in [5.41, 5.74) is 0.719. The van der Waals surface area contributed by atoms with Crippen LogP contribution in [0.1, 0.15) is 5.56 Å². The lowest BCUT2D eigenvalue weighted by molar-refractivity contribution is 0.173. The number of hydrogen-bond donors (Lipinski definition) is 1. The number of aromatic hydroxyl groups is 1. The van der Waals surface area contributed by atoms with Gasteiger partial charge in [-0.3, -0.25) is 4.90 Å². The Labute approximate surface area is 176 Å². The highest BCUT2D eigenvalue weighted by Crippen LogP contribution is 2.38. The van der Waals surface area contributed by atoms with E-state index in [4.69, 9.17) is 21.1 Å². The highest BCUT2D eigenvalue weighted by molar-refractivity contribution is 9.10. The van der Waals surface area contributed by atoms with Crippen LogP contribution in [0.25, 0.3) is 0 Å². The van der Waals surface area contributed by atoms with E-state index < -0.39 is 10.0 Å². The molecule has 2 aliphatic heterocycles. The zero-order valence-corrected chi connectivity index (χ0v) is 17.9. The quantitative estimate of drug-likeness (QED) is 0.711. The minimum absolute atomic E-state index is 0.110. The van der Waals surface area contributed by atoms with Gasteiger partial charge in [-0.25, -0.2) is 8.42 Å². The summed E-state index contributed by atoms with van der Waals surface area (Å²) >= 11 is 9.42. The Kier molecular flexibility index (Phi) is 5.45. The Morgan fingerprint density at radius 1 is 1.07 bits per heavy atom. The van der Waals surface area contributed by atoms with Gasteiger partial charge in [0.2, 0.25) is 16.8 Å². The topological polar surface area (TPSA) is 79.3 Å². The SMILES string of the molecule is O=S(=O)(c1ccc(Br)cc1Cl)N1CCN(Cc2cc3c(cc2O)OCO3)CC1. The summed E-state index contributed by atoms with van der Waals surface area (Å²) < 4.78 is 38.6. The molecule has 0 unspecified atom stereocenters. The first-order valence-electron chi connectivity index (χ1n) is 8.63. The van der Waals surface area contributed by atoms with E-state index in [1.165, 1.54) is 10.4 Å². The molecule has 0 aromatic heterocycles. The van der Waals surface area contributed by atoms with Crippen molar-refractivity contribution in [3.8, 4) is 17.2 Å². The van der Waals surface area contributed by atoms with Crippen molar-refractivity contribution in [2.75, 3.05) is 33.0 Å². The molecule has 4 rings (SSSR count). The van der Waals surface area contributed by atoms with Gasteiger partial charge in [-0.2, -0.15) is 4.31 Å². The average Bonchev–Trinajstić information content (AvgIpc) is 3.09. The van der Waals surface area contributed by atoms with Gasteiger partial charge in [-0.05, 0) is 24.3 Å². The third-order valence-corrected chi connectivity index (χ3v) is 7.69. The van der Waals surface area contributed by atoms with Gasteiger partial charge in [0.05, 0.1) is 5.02 Å². The molecule has 0 saturated carbocycles. The smallest absolute Gasteiger partial charge is 0.244 e. The summed E-state index contributed by atoms with van der Waals surface area (Å²) in [6.45, 7) is 2.42. The second kappa shape index (κ2) is 7.72. The second-order valence-corrected chi connectivity index (χ2v) is 9.82. The van der Waals surface area contributed by atoms with E-state index in [2.05, 4.69) is 20.8 Å². The highest BCUT2D eigenvalue weighted by atomic mass is 79.9. The molecule has 1 N–H and O–H groups in total. The maximum absolute atomic E-state index is 12.9. The zero-order chi connectivity index (χ0) is 19.9. The second-order valence-electron chi connectivity index (χ2n) is 6.59. The molecule has 0 aliphatic carbocycles. The molecule has 0 radical (unpaired) electrons. The minimum atomic E-state index is -3.65. The predicted octanol–water partition coefficient (Wildman–Crippen LogP) is 3.04. The number of ether oxygens (including phenoxy) is 2. The zero-order valence-electron chi connectivity index (χ0n) is 14.8. The largest absolute Gasteiger partial charge is 0.507 e. The van der Waals surface area contributed by atoms with Gasteiger partial charge in [0.25, 0.3) is 0 Å². The number of fused-ring (bicyclic) bond motifs is 1. The van der Waals surface area contributed by atoms with Crippen LogP contribution < -0.4 is 9.47 Å². The van der Waals surface area contributed by atoms with E-state index >= 15 is 0 Å². The normalized spacial score (nSPS) is 17.8. The molecule has 2 aromatic rings. The van der Waals surface area contributed by atoms with Crippen LogP contribution in [0.3, 0.4) is 0 Å². The summed E-state index contributed by atoms with van der Waals surface area (Å²) in [5, 5.41) is 10.4. The molecule has 1 saturated heterocycles. The van der Waals surface area contributed by atoms with E-state index in [9.17, 15) is 13.5 Å². The van der Waals surface area contributed by atoms with Gasteiger partial charge in [-0.15, -0.1) is 0 Å². The number of nitrogens with zero attached hydrogens (tertiary/aromatic N) is 2. The van der Waals surface area contributed by atoms with Crippen LogP contribution >= 0.6 is 27.5 Å². The van der Waals surface area contributed by atoms with Crippen molar-refractivity contribution in [2.24, 2.45) is 0 Å². The molecular weight excluding hydrogens is 472 g/mol. The molecule has 0 bridgehead atoms. The summed E-state index contributed by atoms with van der Waals surface area (Å²) in [4.78, 5) is 2.20. The summed E-state index contributed by atoms with van der Waals surface area (Å²) in [6, 6.07) is 8.07. The molecule has 7 nitrogen and oxygen atoms in total. The maximum Gasteiger partial charge on any atom is 0.244 e. The highest BCUT2D eigenvalue weighted by Gasteiger charge is 2.30. The Hall–Kier alpha value is -1.52. The average molecular weight is 490 g/mol. The number of hydrogen-bond acceptors (Lipinski definition) is 6. The molecule has 10 heteroatoms. The van der Waals surface area contributed by atoms with Crippen molar-refractivity contribution in [3.63, 3.8) is 0 Å². The lowest BCUT2D eigenvalue weighted by Crippen LogP contribution is -2.48. The van der Waals surface area contributed by atoms with Crippen LogP contribution in [-0.4, -0.2) is 55.7 Å². The molecule has 150 valence electrons. The molecule has 1 fully saturated rings. The molecule has 28 heavy (non-hydrogen) atoms. The van der Waals surface area contributed by atoms with Gasteiger partial charge in [0.15, 0.2) is 11.5 Å². The Balaban J connectivity index is 1.43.